The number of carbonyl (C=O) groups is 3. The van der Waals surface area contributed by atoms with Crippen LogP contribution >= 0.6 is 0 Å². The molecular formula is C17H19N2O5-. The summed E-state index contributed by atoms with van der Waals surface area (Å²) in [5.74, 6) is -1.43. The molecule has 2 rings (SSSR count). The Morgan fingerprint density at radius 1 is 1.33 bits per heavy atom. The van der Waals surface area contributed by atoms with E-state index >= 15 is 0 Å². The number of carboxylic acids is 1. The molecule has 2 aromatic rings. The minimum Gasteiger partial charge on any atom is -0.548 e. The van der Waals surface area contributed by atoms with Gasteiger partial charge in [-0.05, 0) is 32.4 Å². The van der Waals surface area contributed by atoms with E-state index in [-0.39, 0.29) is 6.42 Å². The smallest absolute Gasteiger partial charge is 0.408 e. The fraction of sp³-hybridized carbons (Fsp3) is 0.353. The number of ether oxygens (including phenoxy) is 1. The molecule has 0 fully saturated rings. The van der Waals surface area contributed by atoms with Gasteiger partial charge in [-0.15, -0.1) is 0 Å². The number of para-hydroxylation sites is 1. The van der Waals surface area contributed by atoms with Crippen molar-refractivity contribution in [3.05, 3.63) is 36.0 Å². The highest BCUT2D eigenvalue weighted by molar-refractivity contribution is 5.89. The van der Waals surface area contributed by atoms with Crippen LogP contribution in [0, 0.1) is 0 Å². The van der Waals surface area contributed by atoms with Crippen LogP contribution in [0.4, 0.5) is 4.79 Å². The van der Waals surface area contributed by atoms with E-state index in [4.69, 9.17) is 4.74 Å². The lowest BCUT2D eigenvalue weighted by Gasteiger charge is -2.24. The second-order valence-corrected chi connectivity index (χ2v) is 6.41. The monoisotopic (exact) mass is 331 g/mol. The molecule has 1 heterocycles. The SMILES string of the molecule is CC(C)(C)OC(=O)N[C@H](Cc1cn(C=O)c2ccccc12)C(=O)[O-]. The third kappa shape index (κ3) is 4.13. The van der Waals surface area contributed by atoms with Gasteiger partial charge in [-0.3, -0.25) is 9.36 Å². The van der Waals surface area contributed by atoms with Crippen molar-refractivity contribution in [2.75, 3.05) is 0 Å². The molecule has 0 spiro atoms. The van der Waals surface area contributed by atoms with E-state index in [9.17, 15) is 19.5 Å². The molecule has 1 aromatic heterocycles. The van der Waals surface area contributed by atoms with E-state index < -0.39 is 23.7 Å². The second kappa shape index (κ2) is 6.74. The van der Waals surface area contributed by atoms with Gasteiger partial charge in [0.2, 0.25) is 6.41 Å². The first-order chi connectivity index (χ1) is 11.2. The maximum absolute atomic E-state index is 11.8. The van der Waals surface area contributed by atoms with Gasteiger partial charge in [0.15, 0.2) is 0 Å². The van der Waals surface area contributed by atoms with E-state index in [0.29, 0.717) is 17.5 Å². The Bertz CT molecular complexity index is 773. The lowest BCUT2D eigenvalue weighted by molar-refractivity contribution is -0.308. The average molecular weight is 331 g/mol. The number of hydrogen-bond acceptors (Lipinski definition) is 5. The number of nitrogens with one attached hydrogen (secondary N) is 1. The van der Waals surface area contributed by atoms with E-state index in [0.717, 1.165) is 5.39 Å². The summed E-state index contributed by atoms with van der Waals surface area (Å²) in [6.45, 7) is 5.04. The van der Waals surface area contributed by atoms with Crippen LogP contribution in [0.15, 0.2) is 30.5 Å². The van der Waals surface area contributed by atoms with Crippen LogP contribution in [0.25, 0.3) is 10.9 Å². The zero-order valence-corrected chi connectivity index (χ0v) is 13.7. The minimum absolute atomic E-state index is 0.0249. The van der Waals surface area contributed by atoms with E-state index in [1.165, 1.54) is 4.57 Å². The molecule has 1 atom stereocenters. The molecule has 1 N–H and O–H groups in total. The third-order valence-corrected chi connectivity index (χ3v) is 3.34. The van der Waals surface area contributed by atoms with Crippen molar-refractivity contribution in [3.8, 4) is 0 Å². The molecule has 0 radical (unpaired) electrons. The van der Waals surface area contributed by atoms with Crippen LogP contribution in [0.5, 0.6) is 0 Å². The molecule has 7 heteroatoms. The van der Waals surface area contributed by atoms with Crippen molar-refractivity contribution in [3.63, 3.8) is 0 Å². The molecule has 1 aromatic carbocycles. The topological polar surface area (TPSA) is 100 Å². The summed E-state index contributed by atoms with van der Waals surface area (Å²) in [5, 5.41) is 14.4. The maximum atomic E-state index is 11.8. The largest absolute Gasteiger partial charge is 0.548 e. The summed E-state index contributed by atoms with van der Waals surface area (Å²) in [4.78, 5) is 34.3. The number of nitrogens with zero attached hydrogens (tertiary/aromatic N) is 1. The number of fused-ring (bicyclic) bond motifs is 1. The van der Waals surface area contributed by atoms with Crippen LogP contribution in [0.1, 0.15) is 26.3 Å². The van der Waals surface area contributed by atoms with Gasteiger partial charge in [0.05, 0.1) is 17.5 Å². The summed E-state index contributed by atoms with van der Waals surface area (Å²) >= 11 is 0. The first kappa shape index (κ1) is 17.5. The normalized spacial score (nSPS) is 12.6. The second-order valence-electron chi connectivity index (χ2n) is 6.41. The summed E-state index contributed by atoms with van der Waals surface area (Å²) in [6, 6.07) is 5.83. The average Bonchev–Trinajstić information content (AvgIpc) is 2.83. The van der Waals surface area contributed by atoms with Crippen molar-refractivity contribution in [2.24, 2.45) is 0 Å². The van der Waals surface area contributed by atoms with Crippen LogP contribution in [0.2, 0.25) is 0 Å². The molecule has 0 aliphatic rings. The highest BCUT2D eigenvalue weighted by Crippen LogP contribution is 2.21. The van der Waals surface area contributed by atoms with Crippen molar-refractivity contribution in [1.29, 1.82) is 0 Å². The predicted octanol–water partition coefficient (Wildman–Crippen LogP) is 0.865. The van der Waals surface area contributed by atoms with Gasteiger partial charge in [0.25, 0.3) is 0 Å². The van der Waals surface area contributed by atoms with E-state index in [2.05, 4.69) is 5.32 Å². The Morgan fingerprint density at radius 2 is 2.00 bits per heavy atom. The predicted molar refractivity (Wildman–Crippen MR) is 86.0 cm³/mol. The van der Waals surface area contributed by atoms with Crippen LogP contribution in [0.3, 0.4) is 0 Å². The number of aliphatic carboxylic acids is 1. The van der Waals surface area contributed by atoms with Gasteiger partial charge >= 0.3 is 6.09 Å². The maximum Gasteiger partial charge on any atom is 0.408 e. The molecule has 0 aliphatic carbocycles. The molecule has 0 unspecified atom stereocenters. The van der Waals surface area contributed by atoms with Crippen LogP contribution in [-0.2, 0) is 20.7 Å². The van der Waals surface area contributed by atoms with Crippen molar-refractivity contribution < 1.29 is 24.2 Å². The number of carboxylic acid groups (broad SMARTS) is 1. The van der Waals surface area contributed by atoms with Crippen molar-refractivity contribution in [1.82, 2.24) is 9.88 Å². The van der Waals surface area contributed by atoms with Crippen molar-refractivity contribution >= 4 is 29.4 Å². The molecule has 1 amide bonds. The Morgan fingerprint density at radius 3 is 2.58 bits per heavy atom. The fourth-order valence-corrected chi connectivity index (χ4v) is 2.39. The lowest BCUT2D eigenvalue weighted by Crippen LogP contribution is -2.50. The molecule has 128 valence electrons. The fourth-order valence-electron chi connectivity index (χ4n) is 2.39. The Balaban J connectivity index is 2.24. The number of hydrogen-bond donors (Lipinski definition) is 1. The van der Waals surface area contributed by atoms with Gasteiger partial charge in [0, 0.05) is 18.0 Å². The Labute approximate surface area is 139 Å². The highest BCUT2D eigenvalue weighted by atomic mass is 16.6. The molecule has 24 heavy (non-hydrogen) atoms. The molecule has 7 nitrogen and oxygen atoms in total. The number of aromatic nitrogens is 1. The van der Waals surface area contributed by atoms with Gasteiger partial charge in [0.1, 0.15) is 5.60 Å². The first-order valence-electron chi connectivity index (χ1n) is 7.45. The molecule has 0 aliphatic heterocycles. The van der Waals surface area contributed by atoms with E-state index in [1.807, 2.05) is 0 Å². The number of benzene rings is 1. The molecular weight excluding hydrogens is 312 g/mol. The zero-order chi connectivity index (χ0) is 17.9. The quantitative estimate of drug-likeness (QED) is 0.819. The molecule has 0 saturated carbocycles. The van der Waals surface area contributed by atoms with Gasteiger partial charge in [-0.1, -0.05) is 18.2 Å². The van der Waals surface area contributed by atoms with Crippen molar-refractivity contribution in [2.45, 2.75) is 38.8 Å². The summed E-state index contributed by atoms with van der Waals surface area (Å²) in [5.41, 5.74) is 0.536. The molecule has 0 saturated heterocycles. The van der Waals surface area contributed by atoms with Gasteiger partial charge < -0.3 is 20.0 Å². The number of amides is 1. The third-order valence-electron chi connectivity index (χ3n) is 3.34. The number of carbonyl (C=O) groups excluding carboxylic acids is 3. The minimum atomic E-state index is -1.43. The Hall–Kier alpha value is -2.83. The summed E-state index contributed by atoms with van der Waals surface area (Å²) < 4.78 is 6.43. The Kier molecular flexibility index (Phi) is 4.92. The lowest BCUT2D eigenvalue weighted by atomic mass is 10.1. The summed E-state index contributed by atoms with van der Waals surface area (Å²) in [6.07, 6.45) is 1.32. The van der Waals surface area contributed by atoms with Gasteiger partial charge in [-0.25, -0.2) is 4.79 Å². The standard InChI is InChI=1S/C17H20N2O5/c1-17(2,3)24-16(23)18-13(15(21)22)8-11-9-19(10-20)14-7-5-4-6-12(11)14/h4-7,9-10,13H,8H2,1-3H3,(H,18,23)(H,21,22)/p-1/t13-/m1/s1. The highest BCUT2D eigenvalue weighted by Gasteiger charge is 2.21. The number of alkyl carbamates (subject to hydrolysis) is 1. The zero-order valence-electron chi connectivity index (χ0n) is 13.7. The molecule has 0 bridgehead atoms. The first-order valence-corrected chi connectivity index (χ1v) is 7.45. The summed E-state index contributed by atoms with van der Waals surface area (Å²) in [7, 11) is 0. The number of rotatable bonds is 5. The van der Waals surface area contributed by atoms with Gasteiger partial charge in [-0.2, -0.15) is 0 Å². The van der Waals surface area contributed by atoms with E-state index in [1.54, 1.807) is 51.2 Å². The van der Waals surface area contributed by atoms with Crippen LogP contribution < -0.4 is 10.4 Å². The van der Waals surface area contributed by atoms with Crippen LogP contribution in [-0.4, -0.2) is 34.7 Å².